The van der Waals surface area contributed by atoms with Gasteiger partial charge in [0.05, 0.1) is 0 Å². The smallest absolute Gasteiger partial charge is 0.122 e. The predicted molar refractivity (Wildman–Crippen MR) is 57.8 cm³/mol. The first-order valence-electron chi connectivity index (χ1n) is 5.66. The third kappa shape index (κ3) is 8.01. The summed E-state index contributed by atoms with van der Waals surface area (Å²) in [6.45, 7) is 6.50. The molecule has 78 valence electrons. The zero-order chi connectivity index (χ0) is 10.1. The van der Waals surface area contributed by atoms with Crippen LogP contribution in [-0.4, -0.2) is 6.29 Å². The molecular formula is C12H24O. The van der Waals surface area contributed by atoms with Gasteiger partial charge in [0.1, 0.15) is 6.29 Å². The molecule has 0 saturated carbocycles. The van der Waals surface area contributed by atoms with Gasteiger partial charge in [0.15, 0.2) is 0 Å². The van der Waals surface area contributed by atoms with Crippen molar-refractivity contribution in [2.75, 3.05) is 0 Å². The van der Waals surface area contributed by atoms with Gasteiger partial charge in [0.25, 0.3) is 0 Å². The number of unbranched alkanes of at least 4 members (excludes halogenated alkanes) is 3. The lowest BCUT2D eigenvalue weighted by Gasteiger charge is -2.12. The molecule has 1 nitrogen and oxygen atoms in total. The summed E-state index contributed by atoms with van der Waals surface area (Å²) >= 11 is 0. The normalized spacial score (nSPS) is 15.3. The first-order valence-corrected chi connectivity index (χ1v) is 5.66. The first kappa shape index (κ1) is 12.7. The molecule has 0 spiro atoms. The highest BCUT2D eigenvalue weighted by Crippen LogP contribution is 2.17. The fourth-order valence-electron chi connectivity index (χ4n) is 1.73. The van der Waals surface area contributed by atoms with Gasteiger partial charge in [0.2, 0.25) is 0 Å². The third-order valence-electron chi connectivity index (χ3n) is 2.56. The molecule has 0 rings (SSSR count). The van der Waals surface area contributed by atoms with E-state index in [-0.39, 0.29) is 5.92 Å². The maximum atomic E-state index is 10.4. The number of hydrogen-bond acceptors (Lipinski definition) is 1. The molecule has 0 radical (unpaired) electrons. The quantitative estimate of drug-likeness (QED) is 0.414. The van der Waals surface area contributed by atoms with Crippen molar-refractivity contribution < 1.29 is 4.79 Å². The Morgan fingerprint density at radius 3 is 2.38 bits per heavy atom. The van der Waals surface area contributed by atoms with Gasteiger partial charge < -0.3 is 4.79 Å². The summed E-state index contributed by atoms with van der Waals surface area (Å²) in [6, 6.07) is 0. The van der Waals surface area contributed by atoms with Crippen LogP contribution in [0.25, 0.3) is 0 Å². The summed E-state index contributed by atoms with van der Waals surface area (Å²) in [4.78, 5) is 10.4. The third-order valence-corrected chi connectivity index (χ3v) is 2.56. The highest BCUT2D eigenvalue weighted by molar-refractivity contribution is 5.52. The van der Waals surface area contributed by atoms with Crippen LogP contribution in [0.4, 0.5) is 0 Å². The van der Waals surface area contributed by atoms with E-state index in [0.29, 0.717) is 0 Å². The monoisotopic (exact) mass is 184 g/mol. The zero-order valence-corrected chi connectivity index (χ0v) is 9.38. The van der Waals surface area contributed by atoms with Gasteiger partial charge in [-0.1, -0.05) is 52.9 Å². The number of aldehydes is 1. The summed E-state index contributed by atoms with van der Waals surface area (Å²) in [7, 11) is 0. The molecular weight excluding hydrogens is 160 g/mol. The molecule has 0 aromatic heterocycles. The Hall–Kier alpha value is -0.330. The average Bonchev–Trinajstić information content (AvgIpc) is 2.12. The molecule has 0 aliphatic rings. The van der Waals surface area contributed by atoms with Crippen LogP contribution in [0.15, 0.2) is 0 Å². The Morgan fingerprint density at radius 2 is 1.85 bits per heavy atom. The van der Waals surface area contributed by atoms with E-state index in [2.05, 4.69) is 13.8 Å². The second-order valence-corrected chi connectivity index (χ2v) is 4.30. The molecule has 0 aliphatic carbocycles. The molecule has 0 aromatic carbocycles. The summed E-state index contributed by atoms with van der Waals surface area (Å²) in [5, 5.41) is 0. The lowest BCUT2D eigenvalue weighted by atomic mass is 9.93. The molecule has 0 fully saturated rings. The number of rotatable bonds is 8. The highest BCUT2D eigenvalue weighted by Gasteiger charge is 2.06. The van der Waals surface area contributed by atoms with Crippen molar-refractivity contribution in [2.24, 2.45) is 11.8 Å². The molecule has 0 unspecified atom stereocenters. The van der Waals surface area contributed by atoms with E-state index in [4.69, 9.17) is 0 Å². The molecule has 0 N–H and O–H groups in total. The summed E-state index contributed by atoms with van der Waals surface area (Å²) in [5.74, 6) is 0.971. The van der Waals surface area contributed by atoms with Crippen LogP contribution in [0.3, 0.4) is 0 Å². The van der Waals surface area contributed by atoms with Gasteiger partial charge in [-0.3, -0.25) is 0 Å². The van der Waals surface area contributed by atoms with Crippen molar-refractivity contribution in [1.82, 2.24) is 0 Å². The average molecular weight is 184 g/mol. The molecule has 0 bridgehead atoms. The van der Waals surface area contributed by atoms with E-state index in [1.165, 1.54) is 32.1 Å². The SMILES string of the molecule is CCCCCC[C@H](C)C[C@H](C)C=O. The second kappa shape index (κ2) is 8.28. The van der Waals surface area contributed by atoms with Crippen LogP contribution < -0.4 is 0 Å². The Balaban J connectivity index is 3.29. The Kier molecular flexibility index (Phi) is 8.07. The lowest BCUT2D eigenvalue weighted by Crippen LogP contribution is -2.04. The Morgan fingerprint density at radius 1 is 1.15 bits per heavy atom. The zero-order valence-electron chi connectivity index (χ0n) is 9.38. The van der Waals surface area contributed by atoms with Crippen molar-refractivity contribution in [3.8, 4) is 0 Å². The van der Waals surface area contributed by atoms with Gasteiger partial charge >= 0.3 is 0 Å². The first-order chi connectivity index (χ1) is 6.20. The van der Waals surface area contributed by atoms with Crippen LogP contribution >= 0.6 is 0 Å². The molecule has 0 aliphatic heterocycles. The van der Waals surface area contributed by atoms with Gasteiger partial charge in [-0.2, -0.15) is 0 Å². The highest BCUT2D eigenvalue weighted by atomic mass is 16.1. The lowest BCUT2D eigenvalue weighted by molar-refractivity contribution is -0.111. The van der Waals surface area contributed by atoms with E-state index < -0.39 is 0 Å². The van der Waals surface area contributed by atoms with Crippen molar-refractivity contribution in [2.45, 2.75) is 59.3 Å². The minimum Gasteiger partial charge on any atom is -0.303 e. The molecule has 2 atom stereocenters. The van der Waals surface area contributed by atoms with Gasteiger partial charge in [-0.05, 0) is 12.3 Å². The second-order valence-electron chi connectivity index (χ2n) is 4.30. The molecule has 0 heterocycles. The fraction of sp³-hybridized carbons (Fsp3) is 0.917. The summed E-state index contributed by atoms with van der Waals surface area (Å²) in [6.07, 6.45) is 8.78. The van der Waals surface area contributed by atoms with Gasteiger partial charge in [0, 0.05) is 5.92 Å². The van der Waals surface area contributed by atoms with Gasteiger partial charge in [-0.25, -0.2) is 0 Å². The fourth-order valence-corrected chi connectivity index (χ4v) is 1.73. The topological polar surface area (TPSA) is 17.1 Å². The number of carbonyl (C=O) groups is 1. The van der Waals surface area contributed by atoms with Crippen LogP contribution in [0.5, 0.6) is 0 Å². The number of carbonyl (C=O) groups excluding carboxylic acids is 1. The molecule has 0 amide bonds. The van der Waals surface area contributed by atoms with Crippen molar-refractivity contribution in [1.29, 1.82) is 0 Å². The largest absolute Gasteiger partial charge is 0.303 e. The maximum Gasteiger partial charge on any atom is 0.122 e. The van der Waals surface area contributed by atoms with Crippen molar-refractivity contribution in [3.63, 3.8) is 0 Å². The summed E-state index contributed by atoms with van der Waals surface area (Å²) in [5.41, 5.74) is 0. The van der Waals surface area contributed by atoms with Crippen molar-refractivity contribution >= 4 is 6.29 Å². The van der Waals surface area contributed by atoms with E-state index in [0.717, 1.165) is 18.6 Å². The van der Waals surface area contributed by atoms with Gasteiger partial charge in [-0.15, -0.1) is 0 Å². The Bertz CT molecular complexity index is 120. The standard InChI is InChI=1S/C12H24O/c1-4-5-6-7-8-11(2)9-12(3)10-13/h10-12H,4-9H2,1-3H3/t11-,12-/m0/s1. The molecule has 0 aromatic rings. The molecule has 0 saturated heterocycles. The minimum atomic E-state index is 0.251. The molecule has 13 heavy (non-hydrogen) atoms. The van der Waals surface area contributed by atoms with Crippen LogP contribution in [0.2, 0.25) is 0 Å². The number of hydrogen-bond donors (Lipinski definition) is 0. The van der Waals surface area contributed by atoms with Crippen LogP contribution in [0, 0.1) is 11.8 Å². The molecule has 1 heteroatoms. The van der Waals surface area contributed by atoms with E-state index >= 15 is 0 Å². The predicted octanol–water partition coefficient (Wildman–Crippen LogP) is 3.82. The van der Waals surface area contributed by atoms with E-state index in [1.54, 1.807) is 0 Å². The maximum absolute atomic E-state index is 10.4. The van der Waals surface area contributed by atoms with Crippen molar-refractivity contribution in [3.05, 3.63) is 0 Å². The Labute approximate surface area is 82.9 Å². The summed E-state index contributed by atoms with van der Waals surface area (Å²) < 4.78 is 0. The van der Waals surface area contributed by atoms with E-state index in [9.17, 15) is 4.79 Å². The van der Waals surface area contributed by atoms with Crippen LogP contribution in [-0.2, 0) is 4.79 Å². The minimum absolute atomic E-state index is 0.251. The van der Waals surface area contributed by atoms with E-state index in [1.807, 2.05) is 6.92 Å². The van der Waals surface area contributed by atoms with Crippen LogP contribution in [0.1, 0.15) is 59.3 Å².